The van der Waals surface area contributed by atoms with Gasteiger partial charge in [0, 0.05) is 18.1 Å². The van der Waals surface area contributed by atoms with Crippen LogP contribution in [0.5, 0.6) is 5.75 Å². The van der Waals surface area contributed by atoms with Crippen LogP contribution in [-0.2, 0) is 9.53 Å². The number of hydrogen-bond acceptors (Lipinski definition) is 3. The third kappa shape index (κ3) is 2.97. The molecule has 1 spiro atoms. The lowest BCUT2D eigenvalue weighted by molar-refractivity contribution is -0.137. The third-order valence-corrected chi connectivity index (χ3v) is 4.42. The topological polar surface area (TPSA) is 35.5 Å². The van der Waals surface area contributed by atoms with E-state index in [4.69, 9.17) is 9.47 Å². The van der Waals surface area contributed by atoms with E-state index in [0.717, 1.165) is 36.1 Å². The van der Waals surface area contributed by atoms with Crippen molar-refractivity contribution in [1.82, 2.24) is 0 Å². The van der Waals surface area contributed by atoms with Crippen molar-refractivity contribution in [3.63, 3.8) is 0 Å². The van der Waals surface area contributed by atoms with Crippen molar-refractivity contribution in [1.29, 1.82) is 0 Å². The lowest BCUT2D eigenvalue weighted by Gasteiger charge is -2.42. The molecule has 0 saturated heterocycles. The van der Waals surface area contributed by atoms with Gasteiger partial charge in [0.15, 0.2) is 0 Å². The lowest BCUT2D eigenvalue weighted by Crippen LogP contribution is -2.41. The van der Waals surface area contributed by atoms with Gasteiger partial charge in [0.1, 0.15) is 11.4 Å². The average Bonchev–Trinajstić information content (AvgIpc) is 2.48. The molecule has 1 aliphatic heterocycles. The zero-order chi connectivity index (χ0) is 14.7. The van der Waals surface area contributed by atoms with Gasteiger partial charge in [-0.25, -0.2) is 4.79 Å². The smallest absolute Gasteiger partial charge is 0.331 e. The molecule has 1 aliphatic carbocycles. The van der Waals surface area contributed by atoms with E-state index in [2.05, 4.69) is 0 Å². The van der Waals surface area contributed by atoms with Crippen LogP contribution in [0.25, 0.3) is 5.57 Å². The highest BCUT2D eigenvalue weighted by atomic mass is 16.5. The maximum Gasteiger partial charge on any atom is 0.331 e. The van der Waals surface area contributed by atoms with Gasteiger partial charge in [0.05, 0.1) is 6.61 Å². The molecule has 112 valence electrons. The fraction of sp³-hybridized carbons (Fsp3) is 0.500. The van der Waals surface area contributed by atoms with Gasteiger partial charge in [0.2, 0.25) is 0 Å². The number of fused-ring (bicyclic) bond motifs is 1. The lowest BCUT2D eigenvalue weighted by atomic mass is 9.77. The van der Waals surface area contributed by atoms with Crippen LogP contribution in [0.4, 0.5) is 0 Å². The number of rotatable bonds is 2. The minimum absolute atomic E-state index is 0.120. The fourth-order valence-electron chi connectivity index (χ4n) is 3.46. The third-order valence-electron chi connectivity index (χ3n) is 4.42. The van der Waals surface area contributed by atoms with Crippen LogP contribution >= 0.6 is 0 Å². The number of ether oxygens (including phenoxy) is 2. The van der Waals surface area contributed by atoms with Crippen LogP contribution in [0, 0.1) is 0 Å². The van der Waals surface area contributed by atoms with Crippen molar-refractivity contribution in [2.45, 2.75) is 51.0 Å². The zero-order valence-electron chi connectivity index (χ0n) is 12.6. The summed E-state index contributed by atoms with van der Waals surface area (Å²) in [7, 11) is 0. The van der Waals surface area contributed by atoms with Gasteiger partial charge in [-0.3, -0.25) is 0 Å². The molecule has 0 aromatic heterocycles. The quantitative estimate of drug-likeness (QED) is 0.606. The molecule has 1 aromatic carbocycles. The van der Waals surface area contributed by atoms with Crippen LogP contribution in [0.1, 0.15) is 51.0 Å². The van der Waals surface area contributed by atoms with Gasteiger partial charge in [-0.05, 0) is 44.2 Å². The highest BCUT2D eigenvalue weighted by Crippen LogP contribution is 2.46. The Hall–Kier alpha value is -1.77. The molecule has 0 radical (unpaired) electrons. The highest BCUT2D eigenvalue weighted by Gasteiger charge is 2.39. The van der Waals surface area contributed by atoms with Crippen molar-refractivity contribution in [3.05, 3.63) is 35.9 Å². The van der Waals surface area contributed by atoms with Gasteiger partial charge in [-0.1, -0.05) is 24.6 Å². The molecule has 3 heteroatoms. The molecule has 3 rings (SSSR count). The molecule has 0 bridgehead atoms. The van der Waals surface area contributed by atoms with E-state index in [1.54, 1.807) is 6.08 Å². The van der Waals surface area contributed by atoms with E-state index in [0.29, 0.717) is 6.61 Å². The maximum absolute atomic E-state index is 11.9. The SMILES string of the molecule is CCOC(=O)/C=C1/CC2(CCCCC2)Oc2ccccc21. The summed E-state index contributed by atoms with van der Waals surface area (Å²) in [6.45, 7) is 2.24. The van der Waals surface area contributed by atoms with E-state index < -0.39 is 0 Å². The van der Waals surface area contributed by atoms with E-state index in [-0.39, 0.29) is 11.6 Å². The Morgan fingerprint density at radius 2 is 2.05 bits per heavy atom. The van der Waals surface area contributed by atoms with E-state index in [1.165, 1.54) is 19.3 Å². The van der Waals surface area contributed by atoms with Crippen molar-refractivity contribution in [3.8, 4) is 5.75 Å². The highest BCUT2D eigenvalue weighted by molar-refractivity contribution is 5.93. The Bertz CT molecular complexity index is 553. The summed E-state index contributed by atoms with van der Waals surface area (Å²) in [6.07, 6.45) is 8.29. The van der Waals surface area contributed by atoms with Crippen molar-refractivity contribution >= 4 is 11.5 Å². The Kier molecular flexibility index (Phi) is 4.00. The molecule has 1 heterocycles. The number of para-hydroxylation sites is 1. The summed E-state index contributed by atoms with van der Waals surface area (Å²) in [4.78, 5) is 11.9. The van der Waals surface area contributed by atoms with Crippen LogP contribution in [0.3, 0.4) is 0 Å². The first-order chi connectivity index (χ1) is 10.2. The molecule has 1 saturated carbocycles. The average molecular weight is 286 g/mol. The monoisotopic (exact) mass is 286 g/mol. The molecule has 21 heavy (non-hydrogen) atoms. The summed E-state index contributed by atoms with van der Waals surface area (Å²) in [5.74, 6) is 0.649. The van der Waals surface area contributed by atoms with Gasteiger partial charge in [-0.15, -0.1) is 0 Å². The Balaban J connectivity index is 1.96. The molecule has 0 atom stereocenters. The molecular weight excluding hydrogens is 264 g/mol. The molecule has 2 aliphatic rings. The number of hydrogen-bond donors (Lipinski definition) is 0. The first kappa shape index (κ1) is 14.2. The van der Waals surface area contributed by atoms with Crippen LogP contribution in [0.2, 0.25) is 0 Å². The molecular formula is C18H22O3. The Morgan fingerprint density at radius 1 is 1.29 bits per heavy atom. The zero-order valence-corrected chi connectivity index (χ0v) is 12.6. The Labute approximate surface area is 125 Å². The minimum atomic E-state index is -0.254. The maximum atomic E-state index is 11.9. The predicted molar refractivity (Wildman–Crippen MR) is 82.1 cm³/mol. The standard InChI is InChI=1S/C18H22O3/c1-2-20-17(19)12-14-13-18(10-6-3-7-11-18)21-16-9-5-4-8-15(14)16/h4-5,8-9,12H,2-3,6-7,10-11,13H2,1H3/b14-12-. The molecule has 3 nitrogen and oxygen atoms in total. The van der Waals surface area contributed by atoms with Gasteiger partial charge < -0.3 is 9.47 Å². The molecule has 0 unspecified atom stereocenters. The largest absolute Gasteiger partial charge is 0.486 e. The molecule has 1 aromatic rings. The van der Waals surface area contributed by atoms with Crippen LogP contribution in [-0.4, -0.2) is 18.2 Å². The predicted octanol–water partition coefficient (Wildman–Crippen LogP) is 4.12. The summed E-state index contributed by atoms with van der Waals surface area (Å²) in [6, 6.07) is 8.00. The summed E-state index contributed by atoms with van der Waals surface area (Å²) >= 11 is 0. The summed E-state index contributed by atoms with van der Waals surface area (Å²) in [5.41, 5.74) is 1.96. The van der Waals surface area contributed by atoms with Gasteiger partial charge in [0.25, 0.3) is 0 Å². The fourth-order valence-corrected chi connectivity index (χ4v) is 3.46. The van der Waals surface area contributed by atoms with E-state index >= 15 is 0 Å². The van der Waals surface area contributed by atoms with Crippen LogP contribution in [0.15, 0.2) is 30.3 Å². The second-order valence-electron chi connectivity index (χ2n) is 5.94. The summed E-state index contributed by atoms with van der Waals surface area (Å²) in [5, 5.41) is 0. The van der Waals surface area contributed by atoms with Crippen LogP contribution < -0.4 is 4.74 Å². The second kappa shape index (κ2) is 5.92. The first-order valence-electron chi connectivity index (χ1n) is 7.88. The number of benzene rings is 1. The van der Waals surface area contributed by atoms with Crippen molar-refractivity contribution in [2.75, 3.05) is 6.61 Å². The number of carbonyl (C=O) groups is 1. The normalized spacial score (nSPS) is 21.7. The minimum Gasteiger partial charge on any atom is -0.486 e. The molecule has 1 fully saturated rings. The molecule has 0 N–H and O–H groups in total. The van der Waals surface area contributed by atoms with Gasteiger partial charge in [-0.2, -0.15) is 0 Å². The second-order valence-corrected chi connectivity index (χ2v) is 5.94. The number of esters is 1. The van der Waals surface area contributed by atoms with Gasteiger partial charge >= 0.3 is 5.97 Å². The Morgan fingerprint density at radius 3 is 2.81 bits per heavy atom. The van der Waals surface area contributed by atoms with E-state index in [9.17, 15) is 4.79 Å². The summed E-state index contributed by atoms with van der Waals surface area (Å²) < 4.78 is 11.4. The van der Waals surface area contributed by atoms with Crippen molar-refractivity contribution < 1.29 is 14.3 Å². The van der Waals surface area contributed by atoms with Crippen molar-refractivity contribution in [2.24, 2.45) is 0 Å². The number of carbonyl (C=O) groups excluding carboxylic acids is 1. The first-order valence-corrected chi connectivity index (χ1v) is 7.88. The molecule has 0 amide bonds. The van der Waals surface area contributed by atoms with E-state index in [1.807, 2.05) is 31.2 Å².